The Morgan fingerprint density at radius 3 is 2.71 bits per heavy atom. The highest BCUT2D eigenvalue weighted by Crippen LogP contribution is 2.28. The lowest BCUT2D eigenvalue weighted by molar-refractivity contribution is -0.385. The Morgan fingerprint density at radius 2 is 2.05 bits per heavy atom. The number of rotatable bonds is 3. The third kappa shape index (κ3) is 3.43. The fraction of sp³-hybridized carbons (Fsp3) is 0. The molecule has 0 aromatic heterocycles. The highest BCUT2D eigenvalue weighted by atomic mass is 79.9. The molecule has 2 rings (SSSR count). The van der Waals surface area contributed by atoms with Gasteiger partial charge in [-0.05, 0) is 46.3 Å². The van der Waals surface area contributed by atoms with Crippen molar-refractivity contribution in [3.05, 3.63) is 68.2 Å². The number of hydrogen-bond acceptors (Lipinski definition) is 4. The van der Waals surface area contributed by atoms with Crippen LogP contribution in [0.15, 0.2) is 46.9 Å². The van der Waals surface area contributed by atoms with Crippen molar-refractivity contribution in [1.29, 1.82) is 5.26 Å². The van der Waals surface area contributed by atoms with Crippen molar-refractivity contribution >= 4 is 33.2 Å². The van der Waals surface area contributed by atoms with E-state index in [4.69, 9.17) is 5.26 Å². The summed E-state index contributed by atoms with van der Waals surface area (Å²) in [6.45, 7) is 0. The molecular formula is C14H8BrN3O3. The lowest BCUT2D eigenvalue weighted by atomic mass is 10.1. The zero-order chi connectivity index (χ0) is 15.4. The Balaban J connectivity index is 2.25. The smallest absolute Gasteiger partial charge is 0.285 e. The predicted octanol–water partition coefficient (Wildman–Crippen LogP) is 3.48. The van der Waals surface area contributed by atoms with Crippen LogP contribution in [0.2, 0.25) is 0 Å². The second kappa shape index (κ2) is 6.15. The van der Waals surface area contributed by atoms with Gasteiger partial charge in [-0.1, -0.05) is 6.07 Å². The Morgan fingerprint density at radius 1 is 1.29 bits per heavy atom. The number of hydrogen-bond donors (Lipinski definition) is 1. The third-order valence-electron chi connectivity index (χ3n) is 2.65. The fourth-order valence-electron chi connectivity index (χ4n) is 1.66. The molecule has 104 valence electrons. The molecule has 0 aliphatic heterocycles. The Labute approximate surface area is 128 Å². The van der Waals surface area contributed by atoms with Crippen LogP contribution in [0.25, 0.3) is 0 Å². The molecule has 1 amide bonds. The lowest BCUT2D eigenvalue weighted by Crippen LogP contribution is -2.12. The SMILES string of the molecule is N#Cc1cccc(C(=O)Nc2ccc(Br)c([N+](=O)[O-])c2)c1. The van der Waals surface area contributed by atoms with Crippen LogP contribution in [0.4, 0.5) is 11.4 Å². The number of nitriles is 1. The van der Waals surface area contributed by atoms with Crippen LogP contribution in [0.5, 0.6) is 0 Å². The molecule has 0 saturated heterocycles. The molecule has 7 heteroatoms. The molecule has 0 bridgehead atoms. The maximum Gasteiger partial charge on any atom is 0.285 e. The van der Waals surface area contributed by atoms with Gasteiger partial charge in [0.2, 0.25) is 0 Å². The molecule has 1 N–H and O–H groups in total. The number of nitro groups is 1. The van der Waals surface area contributed by atoms with Gasteiger partial charge in [-0.2, -0.15) is 5.26 Å². The van der Waals surface area contributed by atoms with Gasteiger partial charge in [0.05, 0.1) is 21.0 Å². The number of amides is 1. The molecule has 0 unspecified atom stereocenters. The van der Waals surface area contributed by atoms with Crippen LogP contribution in [0.1, 0.15) is 15.9 Å². The standard InChI is InChI=1S/C14H8BrN3O3/c15-12-5-4-11(7-13(12)18(20)21)17-14(19)10-3-1-2-9(6-10)8-16/h1-7H,(H,17,19). The first-order valence-corrected chi connectivity index (χ1v) is 6.56. The number of carbonyl (C=O) groups excluding carboxylic acids is 1. The van der Waals surface area contributed by atoms with Crippen molar-refractivity contribution in [3.63, 3.8) is 0 Å². The summed E-state index contributed by atoms with van der Waals surface area (Å²) in [6, 6.07) is 12.4. The lowest BCUT2D eigenvalue weighted by Gasteiger charge is -2.06. The minimum Gasteiger partial charge on any atom is -0.322 e. The molecule has 2 aromatic carbocycles. The first-order valence-electron chi connectivity index (χ1n) is 5.76. The fourth-order valence-corrected chi connectivity index (χ4v) is 2.05. The summed E-state index contributed by atoms with van der Waals surface area (Å²) >= 11 is 3.07. The van der Waals surface area contributed by atoms with Gasteiger partial charge in [0.1, 0.15) is 0 Å². The topological polar surface area (TPSA) is 96.0 Å². The zero-order valence-corrected chi connectivity index (χ0v) is 12.1. The Bertz CT molecular complexity index is 768. The number of nitro benzene ring substituents is 1. The number of halogens is 1. The van der Waals surface area contributed by atoms with E-state index in [1.807, 2.05) is 6.07 Å². The molecule has 0 aliphatic carbocycles. The van der Waals surface area contributed by atoms with Gasteiger partial charge in [0.25, 0.3) is 11.6 Å². The number of benzene rings is 2. The summed E-state index contributed by atoms with van der Waals surface area (Å²) in [6.07, 6.45) is 0. The van der Waals surface area contributed by atoms with Gasteiger partial charge >= 0.3 is 0 Å². The van der Waals surface area contributed by atoms with E-state index in [9.17, 15) is 14.9 Å². The number of anilines is 1. The van der Waals surface area contributed by atoms with Crippen molar-refractivity contribution in [2.75, 3.05) is 5.32 Å². The summed E-state index contributed by atoms with van der Waals surface area (Å²) in [5.74, 6) is -0.441. The van der Waals surface area contributed by atoms with E-state index < -0.39 is 10.8 Å². The van der Waals surface area contributed by atoms with Gasteiger partial charge in [-0.15, -0.1) is 0 Å². The highest BCUT2D eigenvalue weighted by Gasteiger charge is 2.14. The van der Waals surface area contributed by atoms with E-state index in [1.54, 1.807) is 24.3 Å². The summed E-state index contributed by atoms with van der Waals surface area (Å²) in [4.78, 5) is 22.3. The van der Waals surface area contributed by atoms with Crippen molar-refractivity contribution in [3.8, 4) is 6.07 Å². The average molecular weight is 346 g/mol. The maximum absolute atomic E-state index is 12.0. The quantitative estimate of drug-likeness (QED) is 0.680. The van der Waals surface area contributed by atoms with E-state index in [1.165, 1.54) is 18.2 Å². The van der Waals surface area contributed by atoms with E-state index in [0.29, 0.717) is 21.3 Å². The monoisotopic (exact) mass is 345 g/mol. The maximum atomic E-state index is 12.0. The van der Waals surface area contributed by atoms with Gasteiger partial charge in [0.15, 0.2) is 0 Å². The Hall–Kier alpha value is -2.72. The zero-order valence-electron chi connectivity index (χ0n) is 10.5. The van der Waals surface area contributed by atoms with Crippen molar-refractivity contribution in [2.24, 2.45) is 0 Å². The molecule has 0 spiro atoms. The van der Waals surface area contributed by atoms with Crippen molar-refractivity contribution in [2.45, 2.75) is 0 Å². The van der Waals surface area contributed by atoms with Gasteiger partial charge in [-0.25, -0.2) is 0 Å². The van der Waals surface area contributed by atoms with Crippen molar-refractivity contribution < 1.29 is 9.72 Å². The predicted molar refractivity (Wildman–Crippen MR) is 79.9 cm³/mol. The molecule has 2 aromatic rings. The molecule has 0 atom stereocenters. The summed E-state index contributed by atoms with van der Waals surface area (Å²) in [7, 11) is 0. The summed E-state index contributed by atoms with van der Waals surface area (Å²) in [5.41, 5.74) is 0.833. The first-order chi connectivity index (χ1) is 10.0. The molecule has 0 radical (unpaired) electrons. The molecule has 0 fully saturated rings. The van der Waals surface area contributed by atoms with Crippen LogP contribution in [0.3, 0.4) is 0 Å². The molecule has 21 heavy (non-hydrogen) atoms. The largest absolute Gasteiger partial charge is 0.322 e. The summed E-state index contributed by atoms with van der Waals surface area (Å²) < 4.78 is 0.331. The van der Waals surface area contributed by atoms with Crippen LogP contribution in [-0.4, -0.2) is 10.8 Å². The third-order valence-corrected chi connectivity index (χ3v) is 3.33. The number of nitrogens with zero attached hydrogens (tertiary/aromatic N) is 2. The van der Waals surface area contributed by atoms with Crippen molar-refractivity contribution in [1.82, 2.24) is 0 Å². The average Bonchev–Trinajstić information content (AvgIpc) is 2.49. The minimum absolute atomic E-state index is 0.140. The number of nitrogens with one attached hydrogen (secondary N) is 1. The van der Waals surface area contributed by atoms with E-state index in [-0.39, 0.29) is 5.69 Å². The van der Waals surface area contributed by atoms with Crippen LogP contribution in [-0.2, 0) is 0 Å². The normalized spacial score (nSPS) is 9.71. The summed E-state index contributed by atoms with van der Waals surface area (Å²) in [5, 5.41) is 22.2. The second-order valence-electron chi connectivity index (χ2n) is 4.07. The van der Waals surface area contributed by atoms with Crippen LogP contribution < -0.4 is 5.32 Å². The highest BCUT2D eigenvalue weighted by molar-refractivity contribution is 9.10. The van der Waals surface area contributed by atoms with E-state index >= 15 is 0 Å². The molecular weight excluding hydrogens is 338 g/mol. The first kappa shape index (κ1) is 14.7. The van der Waals surface area contributed by atoms with E-state index in [0.717, 1.165) is 0 Å². The molecule has 0 saturated carbocycles. The van der Waals surface area contributed by atoms with Gasteiger partial charge < -0.3 is 5.32 Å². The van der Waals surface area contributed by atoms with Crippen LogP contribution in [0, 0.1) is 21.4 Å². The molecule has 6 nitrogen and oxygen atoms in total. The molecule has 0 aliphatic rings. The Kier molecular flexibility index (Phi) is 4.30. The van der Waals surface area contributed by atoms with Crippen LogP contribution >= 0.6 is 15.9 Å². The number of carbonyl (C=O) groups is 1. The molecule has 0 heterocycles. The van der Waals surface area contributed by atoms with Gasteiger partial charge in [0, 0.05) is 17.3 Å². The van der Waals surface area contributed by atoms with Gasteiger partial charge in [-0.3, -0.25) is 14.9 Å². The second-order valence-corrected chi connectivity index (χ2v) is 4.92. The minimum atomic E-state index is -0.546. The van der Waals surface area contributed by atoms with E-state index in [2.05, 4.69) is 21.2 Å².